The van der Waals surface area contributed by atoms with Crippen LogP contribution in [-0.4, -0.2) is 45.1 Å². The zero-order chi connectivity index (χ0) is 21.1. The van der Waals surface area contributed by atoms with Crippen LogP contribution in [-0.2, 0) is 19.6 Å². The summed E-state index contributed by atoms with van der Waals surface area (Å²) in [5, 5.41) is 3.67. The van der Waals surface area contributed by atoms with Crippen molar-refractivity contribution in [2.45, 2.75) is 23.8 Å². The maximum Gasteiger partial charge on any atom is 0.240 e. The lowest BCUT2D eigenvalue weighted by molar-refractivity contribution is -0.121. The molecule has 0 unspecified atom stereocenters. The number of benzene rings is 2. The highest BCUT2D eigenvalue weighted by molar-refractivity contribution is 7.89. The van der Waals surface area contributed by atoms with Crippen LogP contribution >= 0.6 is 0 Å². The molecule has 9 heteroatoms. The summed E-state index contributed by atoms with van der Waals surface area (Å²) >= 11 is 0. The van der Waals surface area contributed by atoms with Gasteiger partial charge in [-0.25, -0.2) is 17.5 Å². The van der Waals surface area contributed by atoms with Crippen LogP contribution in [0.15, 0.2) is 53.6 Å². The number of carbonyl (C=O) groups is 1. The van der Waals surface area contributed by atoms with Gasteiger partial charge in [-0.15, -0.1) is 0 Å². The van der Waals surface area contributed by atoms with Crippen LogP contribution in [0.25, 0.3) is 22.0 Å². The molecule has 0 radical (unpaired) electrons. The first-order valence-electron chi connectivity index (χ1n) is 9.66. The van der Waals surface area contributed by atoms with Crippen LogP contribution in [0.5, 0.6) is 0 Å². The Kier molecular flexibility index (Phi) is 5.85. The molecule has 1 fully saturated rings. The number of rotatable bonds is 7. The van der Waals surface area contributed by atoms with Gasteiger partial charge in [-0.2, -0.15) is 0 Å². The Morgan fingerprint density at radius 2 is 2.00 bits per heavy atom. The Bertz CT molecular complexity index is 1150. The van der Waals surface area contributed by atoms with Gasteiger partial charge >= 0.3 is 0 Å². The second-order valence-electron chi connectivity index (χ2n) is 7.19. The van der Waals surface area contributed by atoms with Crippen LogP contribution in [0.4, 0.5) is 4.39 Å². The molecule has 0 aliphatic carbocycles. The minimum absolute atomic E-state index is 0.00246. The molecule has 7 nitrogen and oxygen atoms in total. The molecule has 1 aliphatic heterocycles. The van der Waals surface area contributed by atoms with Crippen LogP contribution in [0.2, 0.25) is 0 Å². The van der Waals surface area contributed by atoms with Crippen molar-refractivity contribution < 1.29 is 22.3 Å². The molecule has 2 heterocycles. The SMILES string of the molecule is O=C(CCNS(=O)(=O)c1ccc(-c2c[nH]c3cc(F)ccc23)cc1)N[C@H]1CCOC1. The number of ether oxygens (including phenoxy) is 1. The number of fused-ring (bicyclic) bond motifs is 1. The van der Waals surface area contributed by atoms with E-state index in [-0.39, 0.29) is 35.6 Å². The standard InChI is InChI=1S/C21H22FN3O4S/c22-15-3-6-18-19(12-23-20(18)11-15)14-1-4-17(5-2-14)30(27,28)24-9-7-21(26)25-16-8-10-29-13-16/h1-6,11-12,16,23-24H,7-10,13H2,(H,25,26)/t16-/m0/s1. The number of aromatic nitrogens is 1. The van der Waals surface area contributed by atoms with Crippen molar-refractivity contribution in [1.82, 2.24) is 15.0 Å². The monoisotopic (exact) mass is 431 g/mol. The highest BCUT2D eigenvalue weighted by Gasteiger charge is 2.19. The number of carbonyl (C=O) groups excluding carboxylic acids is 1. The minimum Gasteiger partial charge on any atom is -0.379 e. The van der Waals surface area contributed by atoms with Gasteiger partial charge in [0.05, 0.1) is 17.5 Å². The summed E-state index contributed by atoms with van der Waals surface area (Å²) < 4.78 is 46.0. The van der Waals surface area contributed by atoms with Crippen LogP contribution in [0, 0.1) is 5.82 Å². The first-order valence-corrected chi connectivity index (χ1v) is 11.1. The Morgan fingerprint density at radius 1 is 1.20 bits per heavy atom. The van der Waals surface area contributed by atoms with Crippen molar-refractivity contribution in [2.24, 2.45) is 0 Å². The van der Waals surface area contributed by atoms with Gasteiger partial charge in [-0.1, -0.05) is 12.1 Å². The minimum atomic E-state index is -3.73. The van der Waals surface area contributed by atoms with Gasteiger partial charge in [0.2, 0.25) is 15.9 Å². The van der Waals surface area contributed by atoms with E-state index in [0.29, 0.717) is 18.7 Å². The van der Waals surface area contributed by atoms with E-state index in [1.807, 2.05) is 0 Å². The molecule has 158 valence electrons. The van der Waals surface area contributed by atoms with E-state index in [4.69, 9.17) is 4.74 Å². The third-order valence-electron chi connectivity index (χ3n) is 5.06. The van der Waals surface area contributed by atoms with Gasteiger partial charge in [0.15, 0.2) is 0 Å². The fourth-order valence-electron chi connectivity index (χ4n) is 3.48. The molecular formula is C21H22FN3O4S. The summed E-state index contributed by atoms with van der Waals surface area (Å²) in [6.45, 7) is 1.13. The van der Waals surface area contributed by atoms with E-state index in [0.717, 1.165) is 22.9 Å². The maximum absolute atomic E-state index is 13.4. The Balaban J connectivity index is 1.39. The molecule has 2 aromatic carbocycles. The summed E-state index contributed by atoms with van der Waals surface area (Å²) in [5.41, 5.74) is 2.34. The normalized spacial score (nSPS) is 16.8. The Hall–Kier alpha value is -2.75. The molecule has 1 atom stereocenters. The average molecular weight is 431 g/mol. The summed E-state index contributed by atoms with van der Waals surface area (Å²) in [6.07, 6.45) is 2.59. The average Bonchev–Trinajstić information content (AvgIpc) is 3.37. The smallest absolute Gasteiger partial charge is 0.240 e. The zero-order valence-electron chi connectivity index (χ0n) is 16.2. The summed E-state index contributed by atoms with van der Waals surface area (Å²) in [4.78, 5) is 15.0. The highest BCUT2D eigenvalue weighted by Crippen LogP contribution is 2.29. The zero-order valence-corrected chi connectivity index (χ0v) is 17.0. The van der Waals surface area contributed by atoms with E-state index in [1.54, 1.807) is 24.4 Å². The molecule has 30 heavy (non-hydrogen) atoms. The molecule has 1 aliphatic rings. The molecule has 0 spiro atoms. The molecule has 1 aromatic heterocycles. The molecule has 1 saturated heterocycles. The fraction of sp³-hybridized carbons (Fsp3) is 0.286. The lowest BCUT2D eigenvalue weighted by Gasteiger charge is -2.11. The van der Waals surface area contributed by atoms with Gasteiger partial charge in [0.25, 0.3) is 0 Å². The summed E-state index contributed by atoms with van der Waals surface area (Å²) in [7, 11) is -3.73. The molecule has 4 rings (SSSR count). The highest BCUT2D eigenvalue weighted by atomic mass is 32.2. The number of halogens is 1. The number of nitrogens with one attached hydrogen (secondary N) is 3. The predicted molar refractivity (Wildman–Crippen MR) is 111 cm³/mol. The van der Waals surface area contributed by atoms with Crippen molar-refractivity contribution in [2.75, 3.05) is 19.8 Å². The third-order valence-corrected chi connectivity index (χ3v) is 6.54. The van der Waals surface area contributed by atoms with E-state index >= 15 is 0 Å². The fourth-order valence-corrected chi connectivity index (χ4v) is 4.51. The number of hydrogen-bond acceptors (Lipinski definition) is 4. The predicted octanol–water partition coefficient (Wildman–Crippen LogP) is 2.55. The van der Waals surface area contributed by atoms with Gasteiger partial charge in [-0.05, 0) is 42.3 Å². The largest absolute Gasteiger partial charge is 0.379 e. The number of sulfonamides is 1. The van der Waals surface area contributed by atoms with Crippen molar-refractivity contribution in [3.05, 3.63) is 54.5 Å². The van der Waals surface area contributed by atoms with E-state index in [9.17, 15) is 17.6 Å². The second kappa shape index (κ2) is 8.55. The van der Waals surface area contributed by atoms with Gasteiger partial charge in [-0.3, -0.25) is 4.79 Å². The van der Waals surface area contributed by atoms with Crippen LogP contribution in [0.3, 0.4) is 0 Å². The number of amides is 1. The summed E-state index contributed by atoms with van der Waals surface area (Å²) in [6, 6.07) is 10.9. The van der Waals surface area contributed by atoms with Gasteiger partial charge in [0.1, 0.15) is 5.82 Å². The van der Waals surface area contributed by atoms with Crippen molar-refractivity contribution in [3.8, 4) is 11.1 Å². The first kappa shape index (κ1) is 20.5. The van der Waals surface area contributed by atoms with E-state index in [1.165, 1.54) is 24.3 Å². The number of aromatic amines is 1. The molecule has 3 N–H and O–H groups in total. The van der Waals surface area contributed by atoms with Crippen molar-refractivity contribution in [3.63, 3.8) is 0 Å². The quantitative estimate of drug-likeness (QED) is 0.535. The molecule has 3 aromatic rings. The lowest BCUT2D eigenvalue weighted by Crippen LogP contribution is -2.37. The van der Waals surface area contributed by atoms with Crippen LogP contribution < -0.4 is 10.0 Å². The number of hydrogen-bond donors (Lipinski definition) is 3. The molecular weight excluding hydrogens is 409 g/mol. The summed E-state index contributed by atoms with van der Waals surface area (Å²) in [5.74, 6) is -0.534. The maximum atomic E-state index is 13.4. The lowest BCUT2D eigenvalue weighted by atomic mass is 10.1. The Labute approximate surface area is 173 Å². The third kappa shape index (κ3) is 4.53. The van der Waals surface area contributed by atoms with Crippen LogP contribution in [0.1, 0.15) is 12.8 Å². The van der Waals surface area contributed by atoms with E-state index < -0.39 is 10.0 Å². The number of H-pyrrole nitrogens is 1. The Morgan fingerprint density at radius 3 is 2.73 bits per heavy atom. The topological polar surface area (TPSA) is 100 Å². The molecule has 0 saturated carbocycles. The van der Waals surface area contributed by atoms with Crippen molar-refractivity contribution in [1.29, 1.82) is 0 Å². The van der Waals surface area contributed by atoms with Gasteiger partial charge in [0, 0.05) is 42.2 Å². The second-order valence-corrected chi connectivity index (χ2v) is 8.96. The van der Waals surface area contributed by atoms with E-state index in [2.05, 4.69) is 15.0 Å². The molecule has 1 amide bonds. The molecule has 0 bridgehead atoms. The van der Waals surface area contributed by atoms with Gasteiger partial charge < -0.3 is 15.0 Å². The first-order chi connectivity index (χ1) is 14.4. The van der Waals surface area contributed by atoms with Crippen molar-refractivity contribution >= 4 is 26.8 Å².